The van der Waals surface area contributed by atoms with E-state index in [-0.39, 0.29) is 0 Å². The van der Waals surface area contributed by atoms with Gasteiger partial charge in [0.05, 0.1) is 0 Å². The first-order valence-corrected chi connectivity index (χ1v) is 33.6. The van der Waals surface area contributed by atoms with Crippen molar-refractivity contribution < 1.29 is 0 Å². The predicted octanol–water partition coefficient (Wildman–Crippen LogP) is 19.5. The molecule has 0 aromatic heterocycles. The van der Waals surface area contributed by atoms with Gasteiger partial charge in [0.2, 0.25) is 0 Å². The summed E-state index contributed by atoms with van der Waals surface area (Å²) in [6.45, 7) is 6.97. The molecule has 50 heavy (non-hydrogen) atoms. The van der Waals surface area contributed by atoms with E-state index in [4.69, 9.17) is 0 Å². The van der Waals surface area contributed by atoms with E-state index in [0.29, 0.717) is 0 Å². The van der Waals surface area contributed by atoms with Gasteiger partial charge in [0, 0.05) is 0 Å². The first-order chi connectivity index (χ1) is 24.7. The molecule has 0 spiro atoms. The van der Waals surface area contributed by atoms with Crippen molar-refractivity contribution >= 4 is 18.4 Å². The van der Waals surface area contributed by atoms with Crippen LogP contribution in [0, 0.1) is 0 Å². The molecule has 0 heterocycles. The second-order valence-corrected chi connectivity index (χ2v) is 32.5. The van der Waals surface area contributed by atoms with Crippen molar-refractivity contribution in [2.45, 2.75) is 309 Å². The van der Waals surface area contributed by atoms with Crippen LogP contribution in [0.4, 0.5) is 0 Å². The Balaban J connectivity index is 4.07. The topological polar surface area (TPSA) is 0 Å². The van der Waals surface area contributed by atoms with E-state index in [1.165, 1.54) is 231 Å². The molecule has 0 amide bonds. The fraction of sp³-hybridized carbons (Fsp3) is 1.00. The number of rotatable bonds is 45. The van der Waals surface area contributed by atoms with Gasteiger partial charge in [-0.2, -0.15) is 0 Å². The molecule has 0 aliphatic rings. The summed E-state index contributed by atoms with van der Waals surface area (Å²) in [6, 6.07) is 0. The quantitative estimate of drug-likeness (QED) is 0.0425. The van der Waals surface area contributed by atoms with Gasteiger partial charge in [0.25, 0.3) is 0 Å². The molecule has 0 bridgehead atoms. The third-order valence-corrected chi connectivity index (χ3v) is 25.8. The summed E-state index contributed by atoms with van der Waals surface area (Å²) in [7, 11) is 0. The van der Waals surface area contributed by atoms with E-state index < -0.39 is 18.4 Å². The molecule has 0 atom stereocenters. The van der Waals surface area contributed by atoms with Gasteiger partial charge in [-0.25, -0.2) is 0 Å². The number of unbranched alkanes of at least 4 members (excludes halogenated alkanes) is 39. The second-order valence-electron chi connectivity index (χ2n) is 17.8. The molecule has 0 aromatic carbocycles. The van der Waals surface area contributed by atoms with Crippen molar-refractivity contribution in [3.8, 4) is 0 Å². The van der Waals surface area contributed by atoms with Crippen LogP contribution in [0.2, 0.25) is 18.2 Å². The van der Waals surface area contributed by atoms with Crippen molar-refractivity contribution in [1.82, 2.24) is 0 Å². The summed E-state index contributed by atoms with van der Waals surface area (Å²) >= 11 is -1.91. The minimum absolute atomic E-state index is 1.38. The molecule has 0 N–H and O–H groups in total. The SMILES string of the molecule is CCCCCCCCCCCCCCC[CH2][Sn]([CH3])([CH2]CCCCCCCCCCCCCCC)[CH2]CCCCCCCCCCCCCCC. The predicted molar refractivity (Wildman–Crippen MR) is 237 cm³/mol. The van der Waals surface area contributed by atoms with Crippen LogP contribution in [0.1, 0.15) is 290 Å². The number of hydrogen-bond donors (Lipinski definition) is 0. The second kappa shape index (κ2) is 44.2. The Bertz CT molecular complexity index is 505. The van der Waals surface area contributed by atoms with Gasteiger partial charge in [-0.1, -0.05) is 78.6 Å². The molecule has 0 fully saturated rings. The van der Waals surface area contributed by atoms with Gasteiger partial charge >= 0.3 is 249 Å². The maximum absolute atomic E-state index is 2.90. The van der Waals surface area contributed by atoms with Crippen LogP contribution in [0.15, 0.2) is 0 Å². The summed E-state index contributed by atoms with van der Waals surface area (Å²) in [4.78, 5) is 2.90. The molecule has 302 valence electrons. The fourth-order valence-corrected chi connectivity index (χ4v) is 20.2. The molecular weight excluding hydrogens is 707 g/mol. The summed E-state index contributed by atoms with van der Waals surface area (Å²) in [6.07, 6.45) is 62.8. The van der Waals surface area contributed by atoms with Crippen molar-refractivity contribution in [3.05, 3.63) is 0 Å². The average Bonchev–Trinajstić information content (AvgIpc) is 3.12. The van der Waals surface area contributed by atoms with Crippen LogP contribution < -0.4 is 0 Å². The molecule has 0 aromatic rings. The molecule has 1 heteroatoms. The molecule has 0 saturated heterocycles. The van der Waals surface area contributed by atoms with Crippen molar-refractivity contribution in [2.24, 2.45) is 0 Å². The molecule has 0 saturated carbocycles. The van der Waals surface area contributed by atoms with Gasteiger partial charge < -0.3 is 0 Å². The Hall–Kier alpha value is 0.799. The Labute approximate surface area is 325 Å². The van der Waals surface area contributed by atoms with E-state index in [9.17, 15) is 0 Å². The third kappa shape index (κ3) is 41.6. The van der Waals surface area contributed by atoms with Crippen LogP contribution in [-0.2, 0) is 0 Å². The molecule has 0 nitrogen and oxygen atoms in total. The van der Waals surface area contributed by atoms with Crippen molar-refractivity contribution in [1.29, 1.82) is 0 Å². The Morgan fingerprint density at radius 2 is 0.300 bits per heavy atom. The first-order valence-electron chi connectivity index (χ1n) is 24.7. The van der Waals surface area contributed by atoms with E-state index in [1.54, 1.807) is 51.8 Å². The van der Waals surface area contributed by atoms with E-state index in [0.717, 1.165) is 0 Å². The molecule has 0 aliphatic carbocycles. The molecule has 0 rings (SSSR count). The van der Waals surface area contributed by atoms with E-state index in [1.807, 2.05) is 0 Å². The summed E-state index contributed by atoms with van der Waals surface area (Å²) in [5.74, 6) is 0. The zero-order chi connectivity index (χ0) is 36.3. The van der Waals surface area contributed by atoms with Gasteiger partial charge in [-0.3, -0.25) is 0 Å². The van der Waals surface area contributed by atoms with Gasteiger partial charge in [-0.15, -0.1) is 0 Å². The van der Waals surface area contributed by atoms with Gasteiger partial charge in [-0.05, 0) is 0 Å². The van der Waals surface area contributed by atoms with Crippen LogP contribution in [0.5, 0.6) is 0 Å². The summed E-state index contributed by atoms with van der Waals surface area (Å²) < 4.78 is 5.14. The molecule has 0 unspecified atom stereocenters. The Morgan fingerprint density at radius 1 is 0.180 bits per heavy atom. The Morgan fingerprint density at radius 3 is 0.440 bits per heavy atom. The first kappa shape index (κ1) is 50.8. The fourth-order valence-electron chi connectivity index (χ4n) is 8.61. The summed E-state index contributed by atoms with van der Waals surface area (Å²) in [5, 5.41) is 0. The van der Waals surface area contributed by atoms with Gasteiger partial charge in [0.1, 0.15) is 0 Å². The monoisotopic (exact) mass is 811 g/mol. The standard InChI is InChI=1S/3C16H33.CH3.Sn/c3*1-3-5-7-9-11-13-15-16-14-12-10-8-6-4-2;;/h3*1,3-16H2,2H3;1H3;. The zero-order valence-corrected chi connectivity index (χ0v) is 39.2. The number of hydrogen-bond acceptors (Lipinski definition) is 0. The molecule has 0 radical (unpaired) electrons. The van der Waals surface area contributed by atoms with E-state index in [2.05, 4.69) is 25.7 Å². The summed E-state index contributed by atoms with van der Waals surface area (Å²) in [5.41, 5.74) is 0. The minimum Gasteiger partial charge on any atom is -0.0654 e. The van der Waals surface area contributed by atoms with Crippen LogP contribution in [0.3, 0.4) is 0 Å². The van der Waals surface area contributed by atoms with Crippen LogP contribution >= 0.6 is 0 Å². The minimum atomic E-state index is -1.91. The molecule has 0 aliphatic heterocycles. The van der Waals surface area contributed by atoms with Crippen LogP contribution in [0.25, 0.3) is 0 Å². The zero-order valence-electron chi connectivity index (χ0n) is 36.3. The van der Waals surface area contributed by atoms with Gasteiger partial charge in [0.15, 0.2) is 0 Å². The normalized spacial score (nSPS) is 12.0. The smallest absolute Gasteiger partial charge is 0.0654 e. The Kier molecular flexibility index (Phi) is 44.9. The average molecular weight is 810 g/mol. The van der Waals surface area contributed by atoms with E-state index >= 15 is 0 Å². The third-order valence-electron chi connectivity index (χ3n) is 12.4. The van der Waals surface area contributed by atoms with Crippen molar-refractivity contribution in [2.75, 3.05) is 0 Å². The van der Waals surface area contributed by atoms with Crippen LogP contribution in [-0.4, -0.2) is 18.4 Å². The maximum atomic E-state index is 2.90. The molecular formula is C49H102Sn. The van der Waals surface area contributed by atoms with Crippen molar-refractivity contribution in [3.63, 3.8) is 0 Å².